The molecule has 4 atom stereocenters. The number of hydrogen-bond donors (Lipinski definition) is 3. The number of aliphatic hydroxyl groups excluding tert-OH is 2. The molecule has 1 fully saturated rings. The van der Waals surface area contributed by atoms with E-state index < -0.39 is 31.2 Å². The van der Waals surface area contributed by atoms with Crippen molar-refractivity contribution in [3.8, 4) is 0 Å². The van der Waals surface area contributed by atoms with Gasteiger partial charge in [0.2, 0.25) is 0 Å². The predicted molar refractivity (Wildman–Crippen MR) is 73.6 cm³/mol. The van der Waals surface area contributed by atoms with E-state index in [1.165, 1.54) is 10.9 Å². The summed E-state index contributed by atoms with van der Waals surface area (Å²) in [6, 6.07) is 1.77. The van der Waals surface area contributed by atoms with Gasteiger partial charge >= 0.3 is 0 Å². The predicted octanol–water partition coefficient (Wildman–Crippen LogP) is 0.452. The summed E-state index contributed by atoms with van der Waals surface area (Å²) in [4.78, 5) is 8.30. The van der Waals surface area contributed by atoms with Gasteiger partial charge in [0.15, 0.2) is 12.4 Å². The van der Waals surface area contributed by atoms with Crippen LogP contribution in [-0.4, -0.2) is 56.3 Å². The topological polar surface area (TPSA) is 92.4 Å². The number of rotatable bonds is 4. The molecule has 2 aromatic heterocycles. The lowest BCUT2D eigenvalue weighted by atomic mass is 10.1. The van der Waals surface area contributed by atoms with E-state index in [1.54, 1.807) is 12.3 Å². The minimum atomic E-state index is -1.63. The number of alkyl halides is 1. The van der Waals surface area contributed by atoms with Crippen molar-refractivity contribution in [2.75, 3.05) is 18.5 Å². The molecule has 0 saturated carbocycles. The lowest BCUT2D eigenvalue weighted by Gasteiger charge is -2.16. The van der Waals surface area contributed by atoms with Crippen molar-refractivity contribution in [2.24, 2.45) is 0 Å². The summed E-state index contributed by atoms with van der Waals surface area (Å²) in [6.07, 6.45) is -1.90. The standard InChI is InChI=1S/C13H17FN4O3/c1-2-15-11-7-3-4-18(12(7)17-6-16-11)13-9(14)10(20)8(5-19)21-13/h3-4,6,8-10,13,19-20H,2,5H2,1H3,(H,15,16,17)/t8-,9+,10-,13-/m1/s1. The first kappa shape index (κ1) is 14.2. The van der Waals surface area contributed by atoms with Crippen LogP contribution in [0.5, 0.6) is 0 Å². The van der Waals surface area contributed by atoms with E-state index in [0.717, 1.165) is 5.39 Å². The van der Waals surface area contributed by atoms with Crippen molar-refractivity contribution >= 4 is 16.9 Å². The Morgan fingerprint density at radius 1 is 1.48 bits per heavy atom. The molecule has 0 unspecified atom stereocenters. The average molecular weight is 296 g/mol. The van der Waals surface area contributed by atoms with Gasteiger partial charge in [-0.15, -0.1) is 0 Å². The van der Waals surface area contributed by atoms with Crippen LogP contribution in [0.15, 0.2) is 18.6 Å². The summed E-state index contributed by atoms with van der Waals surface area (Å²) >= 11 is 0. The van der Waals surface area contributed by atoms with Gasteiger partial charge in [0.05, 0.1) is 12.0 Å². The Labute approximate surface area is 120 Å². The zero-order valence-electron chi connectivity index (χ0n) is 11.5. The van der Waals surface area contributed by atoms with E-state index in [9.17, 15) is 9.50 Å². The number of nitrogens with zero attached hydrogens (tertiary/aromatic N) is 3. The lowest BCUT2D eigenvalue weighted by molar-refractivity contribution is -0.0457. The summed E-state index contributed by atoms with van der Waals surface area (Å²) in [7, 11) is 0. The van der Waals surface area contributed by atoms with Crippen molar-refractivity contribution < 1.29 is 19.3 Å². The summed E-state index contributed by atoms with van der Waals surface area (Å²) in [6.45, 7) is 2.22. The van der Waals surface area contributed by atoms with Crippen LogP contribution in [-0.2, 0) is 4.74 Å². The minimum absolute atomic E-state index is 0.436. The van der Waals surface area contributed by atoms with Gasteiger partial charge < -0.3 is 24.8 Å². The molecule has 0 radical (unpaired) electrons. The molecule has 0 aliphatic carbocycles. The first-order valence-electron chi connectivity index (χ1n) is 6.81. The Hall–Kier alpha value is -1.77. The Bertz CT molecular complexity index is 635. The fraction of sp³-hybridized carbons (Fsp3) is 0.538. The third-order valence-electron chi connectivity index (χ3n) is 3.60. The lowest BCUT2D eigenvalue weighted by Crippen LogP contribution is -2.30. The number of ether oxygens (including phenoxy) is 1. The molecule has 3 heterocycles. The number of halogens is 1. The molecule has 0 amide bonds. The molecule has 21 heavy (non-hydrogen) atoms. The Balaban J connectivity index is 2.00. The quantitative estimate of drug-likeness (QED) is 0.759. The van der Waals surface area contributed by atoms with Crippen molar-refractivity contribution in [3.05, 3.63) is 18.6 Å². The molecule has 3 rings (SSSR count). The van der Waals surface area contributed by atoms with Gasteiger partial charge in [0.25, 0.3) is 0 Å². The fourth-order valence-electron chi connectivity index (χ4n) is 2.56. The molecule has 1 aliphatic rings. The minimum Gasteiger partial charge on any atom is -0.394 e. The van der Waals surface area contributed by atoms with E-state index in [4.69, 9.17) is 9.84 Å². The third-order valence-corrected chi connectivity index (χ3v) is 3.60. The molecule has 3 N–H and O–H groups in total. The van der Waals surface area contributed by atoms with E-state index in [0.29, 0.717) is 18.0 Å². The number of hydrogen-bond acceptors (Lipinski definition) is 6. The molecule has 7 nitrogen and oxygen atoms in total. The SMILES string of the molecule is CCNc1ncnc2c1ccn2[C@@H]1O[C@H](CO)[C@@H](O)[C@@H]1F. The van der Waals surface area contributed by atoms with Gasteiger partial charge in [-0.3, -0.25) is 0 Å². The molecule has 0 bridgehead atoms. The third kappa shape index (κ3) is 2.25. The van der Waals surface area contributed by atoms with E-state index in [-0.39, 0.29) is 0 Å². The number of aromatic nitrogens is 3. The highest BCUT2D eigenvalue weighted by molar-refractivity contribution is 5.87. The molecule has 0 aromatic carbocycles. The van der Waals surface area contributed by atoms with Gasteiger partial charge in [-0.05, 0) is 13.0 Å². The van der Waals surface area contributed by atoms with Crippen LogP contribution in [0.25, 0.3) is 11.0 Å². The first-order chi connectivity index (χ1) is 10.2. The fourth-order valence-corrected chi connectivity index (χ4v) is 2.56. The monoisotopic (exact) mass is 296 g/mol. The molecule has 114 valence electrons. The summed E-state index contributed by atoms with van der Waals surface area (Å²) in [5, 5.41) is 22.7. The number of anilines is 1. The summed E-state index contributed by atoms with van der Waals surface area (Å²) in [5.74, 6) is 0.661. The molecule has 1 aliphatic heterocycles. The van der Waals surface area contributed by atoms with Crippen LogP contribution in [0.3, 0.4) is 0 Å². The van der Waals surface area contributed by atoms with E-state index >= 15 is 0 Å². The summed E-state index contributed by atoms with van der Waals surface area (Å²) in [5.41, 5.74) is 0.513. The largest absolute Gasteiger partial charge is 0.394 e. The van der Waals surface area contributed by atoms with E-state index in [1.807, 2.05) is 6.92 Å². The maximum Gasteiger partial charge on any atom is 0.173 e. The van der Waals surface area contributed by atoms with Gasteiger partial charge in [-0.1, -0.05) is 0 Å². The smallest absolute Gasteiger partial charge is 0.173 e. The summed E-state index contributed by atoms with van der Waals surface area (Å²) < 4.78 is 21.1. The van der Waals surface area contributed by atoms with Crippen molar-refractivity contribution in [1.82, 2.24) is 14.5 Å². The number of nitrogens with one attached hydrogen (secondary N) is 1. The Morgan fingerprint density at radius 2 is 2.29 bits per heavy atom. The zero-order valence-corrected chi connectivity index (χ0v) is 11.5. The van der Waals surface area contributed by atoms with Gasteiger partial charge in [-0.2, -0.15) is 0 Å². The molecule has 8 heteroatoms. The van der Waals surface area contributed by atoms with Crippen LogP contribution >= 0.6 is 0 Å². The maximum absolute atomic E-state index is 14.2. The molecular formula is C13H17FN4O3. The van der Waals surface area contributed by atoms with Crippen LogP contribution < -0.4 is 5.32 Å². The molecule has 2 aromatic rings. The number of fused-ring (bicyclic) bond motifs is 1. The van der Waals surface area contributed by atoms with Gasteiger partial charge in [0, 0.05) is 12.7 Å². The second-order valence-electron chi connectivity index (χ2n) is 4.90. The van der Waals surface area contributed by atoms with Crippen LogP contribution in [0.2, 0.25) is 0 Å². The second-order valence-corrected chi connectivity index (χ2v) is 4.90. The molecule has 1 saturated heterocycles. The maximum atomic E-state index is 14.2. The van der Waals surface area contributed by atoms with E-state index in [2.05, 4.69) is 15.3 Å². The first-order valence-corrected chi connectivity index (χ1v) is 6.81. The highest BCUT2D eigenvalue weighted by atomic mass is 19.1. The van der Waals surface area contributed by atoms with Crippen LogP contribution in [0.4, 0.5) is 10.2 Å². The van der Waals surface area contributed by atoms with Crippen molar-refractivity contribution in [3.63, 3.8) is 0 Å². The number of aliphatic hydroxyl groups is 2. The van der Waals surface area contributed by atoms with Crippen LogP contribution in [0.1, 0.15) is 13.2 Å². The van der Waals surface area contributed by atoms with Crippen LogP contribution in [0, 0.1) is 0 Å². The van der Waals surface area contributed by atoms with Crippen molar-refractivity contribution in [2.45, 2.75) is 31.5 Å². The van der Waals surface area contributed by atoms with Gasteiger partial charge in [0.1, 0.15) is 30.0 Å². The highest BCUT2D eigenvalue weighted by Gasteiger charge is 2.45. The second kappa shape index (κ2) is 5.55. The average Bonchev–Trinajstić information content (AvgIpc) is 3.03. The normalized spacial score (nSPS) is 29.1. The Kier molecular flexibility index (Phi) is 3.75. The highest BCUT2D eigenvalue weighted by Crippen LogP contribution is 2.34. The molecule has 0 spiro atoms. The zero-order chi connectivity index (χ0) is 15.0. The van der Waals surface area contributed by atoms with Crippen molar-refractivity contribution in [1.29, 1.82) is 0 Å². The van der Waals surface area contributed by atoms with Gasteiger partial charge in [-0.25, -0.2) is 14.4 Å². The Morgan fingerprint density at radius 3 is 2.95 bits per heavy atom. The molecular weight excluding hydrogens is 279 g/mol.